The van der Waals surface area contributed by atoms with E-state index in [-0.39, 0.29) is 17.9 Å². The lowest BCUT2D eigenvalue weighted by Crippen LogP contribution is -2.29. The number of fused-ring (bicyclic) bond motifs is 1. The minimum atomic E-state index is -0.982. The molecule has 0 fully saturated rings. The molecule has 1 aliphatic carbocycles. The van der Waals surface area contributed by atoms with E-state index in [1.807, 2.05) is 24.3 Å². The van der Waals surface area contributed by atoms with Gasteiger partial charge in [0, 0.05) is 19.1 Å². The Hall–Kier alpha value is -4.50. The average Bonchev–Trinajstić information content (AvgIpc) is 3.61. The second kappa shape index (κ2) is 10.3. The number of aromatic nitrogens is 5. The molecule has 1 unspecified atom stereocenters. The minimum Gasteiger partial charge on any atom is -0.364 e. The Bertz CT molecular complexity index is 1640. The normalized spacial score (nSPS) is 17.1. The molecule has 7 nitrogen and oxygen atoms in total. The molecule has 9 heteroatoms. The van der Waals surface area contributed by atoms with E-state index in [1.165, 1.54) is 18.3 Å². The van der Waals surface area contributed by atoms with Crippen LogP contribution in [0.15, 0.2) is 89.7 Å². The Morgan fingerprint density at radius 1 is 1.05 bits per heavy atom. The van der Waals surface area contributed by atoms with Crippen LogP contribution >= 0.6 is 0 Å². The number of ether oxygens (including phenoxy) is 1. The van der Waals surface area contributed by atoms with Gasteiger partial charge in [0.15, 0.2) is 23.2 Å². The van der Waals surface area contributed by atoms with Gasteiger partial charge < -0.3 is 9.26 Å². The van der Waals surface area contributed by atoms with Gasteiger partial charge in [0.2, 0.25) is 0 Å². The molecule has 1 atom stereocenters. The summed E-state index contributed by atoms with van der Waals surface area (Å²) in [6.45, 7) is 2.94. The van der Waals surface area contributed by atoms with E-state index in [0.717, 1.165) is 23.6 Å². The molecule has 0 amide bonds. The van der Waals surface area contributed by atoms with Gasteiger partial charge in [-0.15, -0.1) is 0 Å². The lowest BCUT2D eigenvalue weighted by molar-refractivity contribution is -0.0156. The van der Waals surface area contributed by atoms with Gasteiger partial charge >= 0.3 is 0 Å². The zero-order valence-corrected chi connectivity index (χ0v) is 21.2. The fraction of sp³-hybridized carbons (Fsp3) is 0.200. The van der Waals surface area contributed by atoms with Crippen molar-refractivity contribution in [3.63, 3.8) is 0 Å². The van der Waals surface area contributed by atoms with Crippen LogP contribution in [0.5, 0.6) is 0 Å². The smallest absolute Gasteiger partial charge is 0.169 e. The van der Waals surface area contributed by atoms with E-state index in [2.05, 4.69) is 57.5 Å². The predicted octanol–water partition coefficient (Wildman–Crippen LogP) is 6.42. The van der Waals surface area contributed by atoms with Crippen LogP contribution < -0.4 is 0 Å². The van der Waals surface area contributed by atoms with Crippen LogP contribution in [0.4, 0.5) is 8.78 Å². The second-order valence-electron chi connectivity index (χ2n) is 9.37. The number of nitrogens with zero attached hydrogens (tertiary/aromatic N) is 5. The third-order valence-corrected chi connectivity index (χ3v) is 6.65. The first-order chi connectivity index (χ1) is 19.0. The molecule has 6 rings (SSSR count). The largest absolute Gasteiger partial charge is 0.364 e. The number of allylic oxidation sites excluding steroid dienone is 2. The maximum atomic E-state index is 14.2. The molecule has 2 aromatic carbocycles. The fourth-order valence-corrected chi connectivity index (χ4v) is 4.61. The van der Waals surface area contributed by atoms with Gasteiger partial charge in [0.1, 0.15) is 29.2 Å². The van der Waals surface area contributed by atoms with Crippen molar-refractivity contribution < 1.29 is 18.0 Å². The maximum absolute atomic E-state index is 14.2. The van der Waals surface area contributed by atoms with Crippen molar-refractivity contribution in [1.29, 1.82) is 0 Å². The zero-order valence-electron chi connectivity index (χ0n) is 21.2. The highest BCUT2D eigenvalue weighted by molar-refractivity contribution is 5.75. The molecular formula is C30H25F2N5O2. The lowest BCUT2D eigenvalue weighted by atomic mass is 9.86. The van der Waals surface area contributed by atoms with Gasteiger partial charge in [-0.3, -0.25) is 4.68 Å². The summed E-state index contributed by atoms with van der Waals surface area (Å²) in [7, 11) is 0. The van der Waals surface area contributed by atoms with E-state index in [4.69, 9.17) is 9.26 Å². The summed E-state index contributed by atoms with van der Waals surface area (Å²) in [5.41, 5.74) is 3.22. The molecule has 0 spiro atoms. The highest BCUT2D eigenvalue weighted by atomic mass is 19.2. The van der Waals surface area contributed by atoms with Crippen LogP contribution in [0.2, 0.25) is 0 Å². The number of rotatable bonds is 8. The van der Waals surface area contributed by atoms with Crippen LogP contribution in [-0.2, 0) is 16.9 Å². The molecule has 0 saturated carbocycles. The minimum absolute atomic E-state index is 0.0000109. The van der Waals surface area contributed by atoms with Crippen LogP contribution in [0.1, 0.15) is 36.8 Å². The van der Waals surface area contributed by atoms with Gasteiger partial charge in [0.25, 0.3) is 0 Å². The van der Waals surface area contributed by atoms with Crippen molar-refractivity contribution in [2.45, 2.75) is 31.9 Å². The van der Waals surface area contributed by atoms with E-state index in [0.29, 0.717) is 35.9 Å². The van der Waals surface area contributed by atoms with Crippen molar-refractivity contribution in [2.75, 3.05) is 6.61 Å². The maximum Gasteiger partial charge on any atom is 0.169 e. The first-order valence-corrected chi connectivity index (χ1v) is 12.7. The molecule has 3 aliphatic rings. The van der Waals surface area contributed by atoms with Crippen LogP contribution in [-0.4, -0.2) is 31.5 Å². The molecule has 0 radical (unpaired) electrons. The summed E-state index contributed by atoms with van der Waals surface area (Å²) in [5.74, 6) is -1.24. The third-order valence-electron chi connectivity index (χ3n) is 6.65. The van der Waals surface area contributed by atoms with Crippen molar-refractivity contribution in [3.05, 3.63) is 114 Å². The Morgan fingerprint density at radius 2 is 1.90 bits per heavy atom. The number of halogens is 2. The second-order valence-corrected chi connectivity index (χ2v) is 9.37. The van der Waals surface area contributed by atoms with Gasteiger partial charge in [-0.2, -0.15) is 5.10 Å². The van der Waals surface area contributed by atoms with Crippen molar-refractivity contribution >= 4 is 5.57 Å². The van der Waals surface area contributed by atoms with Crippen LogP contribution in [0, 0.1) is 11.6 Å². The van der Waals surface area contributed by atoms with E-state index in [1.54, 1.807) is 10.9 Å². The first-order valence-electron chi connectivity index (χ1n) is 12.7. The Morgan fingerprint density at radius 3 is 2.69 bits per heavy atom. The molecule has 3 aromatic rings. The Labute approximate surface area is 223 Å². The molecule has 2 aliphatic heterocycles. The average molecular weight is 526 g/mol. The zero-order chi connectivity index (χ0) is 26.8. The van der Waals surface area contributed by atoms with Crippen molar-refractivity contribution in [2.24, 2.45) is 0 Å². The quantitative estimate of drug-likeness (QED) is 0.233. The van der Waals surface area contributed by atoms with Gasteiger partial charge in [-0.05, 0) is 35.8 Å². The fourth-order valence-electron chi connectivity index (χ4n) is 4.61. The molecule has 0 saturated heterocycles. The number of imidazole rings is 1. The molecule has 1 aromatic heterocycles. The summed E-state index contributed by atoms with van der Waals surface area (Å²) < 4.78 is 41.6. The summed E-state index contributed by atoms with van der Waals surface area (Å²) in [5, 5.41) is 8.74. The summed E-state index contributed by atoms with van der Waals surface area (Å²) in [6, 6.07) is 16.0. The molecule has 196 valence electrons. The van der Waals surface area contributed by atoms with Gasteiger partial charge in [0.05, 0.1) is 18.0 Å². The SMILES string of the molecule is CCCOC1(c2cc(Cn3cc4nc(-c5cccc(F)c5F)nc-4cn3)on2)C=CC(c2ccccc2)=CC1. The summed E-state index contributed by atoms with van der Waals surface area (Å²) >= 11 is 0. The molecule has 3 heterocycles. The summed E-state index contributed by atoms with van der Waals surface area (Å²) in [6.07, 6.45) is 11.0. The monoisotopic (exact) mass is 525 g/mol. The highest BCUT2D eigenvalue weighted by Crippen LogP contribution is 2.37. The predicted molar refractivity (Wildman–Crippen MR) is 141 cm³/mol. The van der Waals surface area contributed by atoms with E-state index in [9.17, 15) is 8.78 Å². The van der Waals surface area contributed by atoms with Gasteiger partial charge in [-0.1, -0.05) is 60.6 Å². The highest BCUT2D eigenvalue weighted by Gasteiger charge is 2.35. The first kappa shape index (κ1) is 24.8. The molecule has 0 N–H and O–H groups in total. The number of hydrogen-bond acceptors (Lipinski definition) is 6. The Kier molecular flexibility index (Phi) is 6.58. The van der Waals surface area contributed by atoms with Crippen molar-refractivity contribution in [1.82, 2.24) is 24.9 Å². The molecule has 39 heavy (non-hydrogen) atoms. The number of benzene rings is 2. The van der Waals surface area contributed by atoms with Crippen LogP contribution in [0.25, 0.3) is 28.3 Å². The Balaban J connectivity index is 1.24. The summed E-state index contributed by atoms with van der Waals surface area (Å²) in [4.78, 5) is 8.69. The standard InChI is InChI=1S/C30H25F2N5O2/c1-2-15-38-30(13-11-21(12-14-30)20-7-4-3-5-8-20)27-16-22(39-36-27)18-37-19-26-25(17-33-37)34-29(35-26)23-9-6-10-24(31)28(23)32/h3-13,16-17,19H,2,14-15,18H2,1H3. The van der Waals surface area contributed by atoms with E-state index < -0.39 is 17.2 Å². The lowest BCUT2D eigenvalue weighted by Gasteiger charge is -2.30. The number of hydrogen-bond donors (Lipinski definition) is 0. The van der Waals surface area contributed by atoms with Gasteiger partial charge in [-0.25, -0.2) is 18.7 Å². The van der Waals surface area contributed by atoms with E-state index >= 15 is 0 Å². The van der Waals surface area contributed by atoms with Crippen molar-refractivity contribution in [3.8, 4) is 22.8 Å². The van der Waals surface area contributed by atoms with Crippen LogP contribution in [0.3, 0.4) is 0 Å². The topological polar surface area (TPSA) is 78.9 Å². The molecule has 0 bridgehead atoms. The third kappa shape index (κ3) is 4.88. The molecular weight excluding hydrogens is 500 g/mol.